The van der Waals surface area contributed by atoms with Gasteiger partial charge in [0.05, 0.1) is 5.38 Å². The fourth-order valence-electron chi connectivity index (χ4n) is 1.23. The summed E-state index contributed by atoms with van der Waals surface area (Å²) in [5.74, 6) is 1.79. The number of halogens is 2. The highest BCUT2D eigenvalue weighted by molar-refractivity contribution is 8.01. The Labute approximate surface area is 80.1 Å². The second-order valence-corrected chi connectivity index (χ2v) is 4.23. The van der Waals surface area contributed by atoms with Gasteiger partial charge < -0.3 is 0 Å². The molecular formula is C9H7ClFS. The third-order valence-electron chi connectivity index (χ3n) is 1.78. The van der Waals surface area contributed by atoms with Gasteiger partial charge in [-0.2, -0.15) is 0 Å². The molecule has 0 aliphatic carbocycles. The summed E-state index contributed by atoms with van der Waals surface area (Å²) in [6.07, 6.45) is 0.738. The highest BCUT2D eigenvalue weighted by Gasteiger charge is 2.17. The fourth-order valence-corrected chi connectivity index (χ4v) is 2.38. The predicted octanol–water partition coefficient (Wildman–Crippen LogP) is 3.24. The molecule has 1 atom stereocenters. The number of benzene rings is 1. The van der Waals surface area contributed by atoms with Gasteiger partial charge in [-0.15, -0.1) is 23.4 Å². The minimum Gasteiger partial charge on any atom is -0.207 e. The molecule has 0 spiro atoms. The first-order chi connectivity index (χ1) is 5.75. The molecule has 0 N–H and O–H groups in total. The molecule has 0 bridgehead atoms. The third kappa shape index (κ3) is 1.59. The number of alkyl halides is 1. The average molecular weight is 202 g/mol. The molecule has 0 saturated carbocycles. The van der Waals surface area contributed by atoms with Crippen molar-refractivity contribution in [1.29, 1.82) is 0 Å². The Morgan fingerprint density at radius 1 is 1.50 bits per heavy atom. The van der Waals surface area contributed by atoms with E-state index in [4.69, 9.17) is 11.6 Å². The van der Waals surface area contributed by atoms with E-state index in [9.17, 15) is 4.39 Å². The molecule has 1 unspecified atom stereocenters. The smallest absolute Gasteiger partial charge is 0.123 e. The van der Waals surface area contributed by atoms with Crippen molar-refractivity contribution in [1.82, 2.24) is 0 Å². The monoisotopic (exact) mass is 201 g/mol. The van der Waals surface area contributed by atoms with Gasteiger partial charge in [-0.3, -0.25) is 0 Å². The first kappa shape index (κ1) is 8.39. The second kappa shape index (κ2) is 3.27. The van der Waals surface area contributed by atoms with Gasteiger partial charge in [0.1, 0.15) is 5.82 Å². The lowest BCUT2D eigenvalue weighted by molar-refractivity contribution is 0.623. The Morgan fingerprint density at radius 3 is 3.17 bits per heavy atom. The SMILES string of the molecule is Fc1ccc2c(c1)CC(Cl)[CH]S2. The molecule has 1 aromatic carbocycles. The van der Waals surface area contributed by atoms with Gasteiger partial charge in [0.25, 0.3) is 0 Å². The first-order valence-electron chi connectivity index (χ1n) is 3.68. The maximum Gasteiger partial charge on any atom is 0.123 e. The van der Waals surface area contributed by atoms with E-state index in [1.807, 2.05) is 5.75 Å². The Kier molecular flexibility index (Phi) is 2.28. The summed E-state index contributed by atoms with van der Waals surface area (Å²) < 4.78 is 12.8. The summed E-state index contributed by atoms with van der Waals surface area (Å²) in [4.78, 5) is 1.12. The summed E-state index contributed by atoms with van der Waals surface area (Å²) in [5, 5.41) is 0.0318. The lowest BCUT2D eigenvalue weighted by atomic mass is 10.1. The number of hydrogen-bond donors (Lipinski definition) is 0. The van der Waals surface area contributed by atoms with E-state index in [2.05, 4.69) is 0 Å². The standard InChI is InChI=1S/C9H7ClFS/c10-7-3-6-4-8(11)1-2-9(6)12-5-7/h1-2,4-5,7H,3H2. The molecule has 12 heavy (non-hydrogen) atoms. The summed E-state index contributed by atoms with van der Waals surface area (Å²) >= 11 is 7.48. The molecule has 0 fully saturated rings. The van der Waals surface area contributed by atoms with E-state index in [-0.39, 0.29) is 11.2 Å². The zero-order chi connectivity index (χ0) is 8.55. The van der Waals surface area contributed by atoms with Crippen LogP contribution >= 0.6 is 23.4 Å². The normalized spacial score (nSPS) is 22.0. The van der Waals surface area contributed by atoms with Crippen molar-refractivity contribution in [2.24, 2.45) is 0 Å². The van der Waals surface area contributed by atoms with Crippen LogP contribution in [0.25, 0.3) is 0 Å². The average Bonchev–Trinajstić information content (AvgIpc) is 2.03. The molecule has 0 nitrogen and oxygen atoms in total. The zero-order valence-corrected chi connectivity index (χ0v) is 7.83. The van der Waals surface area contributed by atoms with Crippen molar-refractivity contribution >= 4 is 23.4 Å². The quantitative estimate of drug-likeness (QED) is 0.581. The van der Waals surface area contributed by atoms with Crippen molar-refractivity contribution < 1.29 is 4.39 Å². The topological polar surface area (TPSA) is 0 Å². The van der Waals surface area contributed by atoms with Crippen LogP contribution in [0.2, 0.25) is 0 Å². The predicted molar refractivity (Wildman–Crippen MR) is 49.9 cm³/mol. The first-order valence-corrected chi connectivity index (χ1v) is 5.00. The van der Waals surface area contributed by atoms with Gasteiger partial charge in [0.2, 0.25) is 0 Å². The highest BCUT2D eigenvalue weighted by Crippen LogP contribution is 2.35. The van der Waals surface area contributed by atoms with Gasteiger partial charge in [0, 0.05) is 10.6 Å². The van der Waals surface area contributed by atoms with Crippen LogP contribution in [0.3, 0.4) is 0 Å². The van der Waals surface area contributed by atoms with Crippen molar-refractivity contribution in [3.8, 4) is 0 Å². The van der Waals surface area contributed by atoms with Crippen LogP contribution in [0.5, 0.6) is 0 Å². The van der Waals surface area contributed by atoms with Crippen LogP contribution in [-0.2, 0) is 6.42 Å². The van der Waals surface area contributed by atoms with Crippen LogP contribution in [0, 0.1) is 11.6 Å². The largest absolute Gasteiger partial charge is 0.207 e. The van der Waals surface area contributed by atoms with Crippen LogP contribution in [0.15, 0.2) is 23.1 Å². The molecule has 1 heterocycles. The van der Waals surface area contributed by atoms with Gasteiger partial charge in [-0.1, -0.05) is 0 Å². The van der Waals surface area contributed by atoms with Gasteiger partial charge in [-0.25, -0.2) is 4.39 Å². The molecule has 3 heteroatoms. The maximum absolute atomic E-state index is 12.8. The van der Waals surface area contributed by atoms with Crippen LogP contribution in [0.1, 0.15) is 5.56 Å². The van der Waals surface area contributed by atoms with E-state index in [0.29, 0.717) is 0 Å². The van der Waals surface area contributed by atoms with Crippen molar-refractivity contribution in [2.45, 2.75) is 16.7 Å². The van der Waals surface area contributed by atoms with Crippen LogP contribution < -0.4 is 0 Å². The zero-order valence-electron chi connectivity index (χ0n) is 6.26. The molecule has 2 rings (SSSR count). The van der Waals surface area contributed by atoms with Crippen molar-refractivity contribution in [3.63, 3.8) is 0 Å². The maximum atomic E-state index is 12.8. The van der Waals surface area contributed by atoms with Crippen LogP contribution in [-0.4, -0.2) is 5.38 Å². The fraction of sp³-hybridized carbons (Fsp3) is 0.222. The number of thioether (sulfide) groups is 1. The molecule has 0 aromatic heterocycles. The Balaban J connectivity index is 2.37. The molecule has 1 aromatic rings. The van der Waals surface area contributed by atoms with Crippen molar-refractivity contribution in [3.05, 3.63) is 35.3 Å². The van der Waals surface area contributed by atoms with E-state index in [0.717, 1.165) is 16.9 Å². The van der Waals surface area contributed by atoms with E-state index >= 15 is 0 Å². The van der Waals surface area contributed by atoms with E-state index < -0.39 is 0 Å². The number of rotatable bonds is 0. The third-order valence-corrected chi connectivity index (χ3v) is 3.33. The van der Waals surface area contributed by atoms with Gasteiger partial charge in [-0.05, 0) is 30.2 Å². The number of hydrogen-bond acceptors (Lipinski definition) is 1. The molecule has 63 valence electrons. The molecule has 1 aliphatic rings. The summed E-state index contributed by atoms with van der Waals surface area (Å²) in [5.41, 5.74) is 1.02. The van der Waals surface area contributed by atoms with E-state index in [1.54, 1.807) is 23.9 Å². The Morgan fingerprint density at radius 2 is 2.33 bits per heavy atom. The minimum atomic E-state index is -0.180. The van der Waals surface area contributed by atoms with Crippen molar-refractivity contribution in [2.75, 3.05) is 0 Å². The van der Waals surface area contributed by atoms with Crippen LogP contribution in [0.4, 0.5) is 4.39 Å². The van der Waals surface area contributed by atoms with E-state index in [1.165, 1.54) is 6.07 Å². The van der Waals surface area contributed by atoms with Gasteiger partial charge >= 0.3 is 0 Å². The summed E-state index contributed by atoms with van der Waals surface area (Å²) in [6, 6.07) is 4.84. The lowest BCUT2D eigenvalue weighted by Crippen LogP contribution is -2.08. The minimum absolute atomic E-state index is 0.0318. The molecule has 0 amide bonds. The summed E-state index contributed by atoms with van der Waals surface area (Å²) in [7, 11) is 0. The Hall–Kier alpha value is -0.210. The second-order valence-electron chi connectivity index (χ2n) is 2.73. The number of fused-ring (bicyclic) bond motifs is 1. The Bertz CT molecular complexity index is 301. The molecule has 1 aliphatic heterocycles. The molecular weight excluding hydrogens is 195 g/mol. The summed E-state index contributed by atoms with van der Waals surface area (Å²) in [6.45, 7) is 0. The molecule has 1 radical (unpaired) electrons. The highest BCUT2D eigenvalue weighted by atomic mass is 35.5. The van der Waals surface area contributed by atoms with Gasteiger partial charge in [0.15, 0.2) is 0 Å². The molecule has 0 saturated heterocycles. The lowest BCUT2D eigenvalue weighted by Gasteiger charge is -2.18.